The molecule has 1 aromatic carbocycles. The second kappa shape index (κ2) is 8.91. The van der Waals surface area contributed by atoms with Gasteiger partial charge in [-0.15, -0.1) is 0 Å². The molecule has 2 aliphatic rings. The predicted octanol–water partition coefficient (Wildman–Crippen LogP) is 2.17. The summed E-state index contributed by atoms with van der Waals surface area (Å²) in [5.41, 5.74) is 4.10. The molecule has 2 amide bonds. The van der Waals surface area contributed by atoms with Crippen LogP contribution in [0.3, 0.4) is 0 Å². The van der Waals surface area contributed by atoms with Crippen molar-refractivity contribution in [1.29, 1.82) is 0 Å². The van der Waals surface area contributed by atoms with Crippen molar-refractivity contribution in [2.45, 2.75) is 52.0 Å². The van der Waals surface area contributed by atoms with Gasteiger partial charge in [0, 0.05) is 0 Å². The minimum absolute atomic E-state index is 0.150. The third kappa shape index (κ3) is 4.71. The van der Waals surface area contributed by atoms with Gasteiger partial charge in [0.2, 0.25) is 0 Å². The summed E-state index contributed by atoms with van der Waals surface area (Å²) in [7, 11) is 0. The maximum absolute atomic E-state index is 12.3. The van der Waals surface area contributed by atoms with E-state index < -0.39 is 24.0 Å². The number of benzene rings is 1. The Kier molecular flexibility index (Phi) is 6.34. The Morgan fingerprint density at radius 2 is 1.89 bits per heavy atom. The van der Waals surface area contributed by atoms with Gasteiger partial charge < -0.3 is 20.1 Å². The Labute approximate surface area is 164 Å². The monoisotopic (exact) mass is 386 g/mol. The van der Waals surface area contributed by atoms with Gasteiger partial charge in [-0.2, -0.15) is 0 Å². The number of carbonyl (C=O) groups is 3. The van der Waals surface area contributed by atoms with Gasteiger partial charge >= 0.3 is 18.0 Å². The number of aryl methyl sites for hydroxylation is 2. The first-order chi connectivity index (χ1) is 13.5. The summed E-state index contributed by atoms with van der Waals surface area (Å²) in [4.78, 5) is 36.2. The molecular weight excluding hydrogens is 360 g/mol. The van der Waals surface area contributed by atoms with E-state index in [4.69, 9.17) is 9.47 Å². The highest BCUT2D eigenvalue weighted by Gasteiger charge is 2.30. The lowest BCUT2D eigenvalue weighted by Crippen LogP contribution is -2.50. The molecule has 1 aliphatic heterocycles. The van der Waals surface area contributed by atoms with Crippen LogP contribution in [0.15, 0.2) is 29.5 Å². The van der Waals surface area contributed by atoms with Gasteiger partial charge in [0.15, 0.2) is 0 Å². The van der Waals surface area contributed by atoms with Crippen molar-refractivity contribution in [3.8, 4) is 0 Å². The zero-order valence-electron chi connectivity index (χ0n) is 16.3. The van der Waals surface area contributed by atoms with Gasteiger partial charge in [0.1, 0.15) is 6.61 Å². The number of amides is 2. The van der Waals surface area contributed by atoms with Gasteiger partial charge in [-0.25, -0.2) is 9.59 Å². The first-order valence-corrected chi connectivity index (χ1v) is 9.72. The molecule has 0 aromatic heterocycles. The third-order valence-corrected chi connectivity index (χ3v) is 5.00. The number of hydrogen-bond donors (Lipinski definition) is 2. The van der Waals surface area contributed by atoms with Crippen molar-refractivity contribution in [2.24, 2.45) is 0 Å². The molecular formula is C21H26N2O5. The van der Waals surface area contributed by atoms with Crippen LogP contribution < -0.4 is 10.6 Å². The van der Waals surface area contributed by atoms with E-state index in [1.54, 1.807) is 13.8 Å². The molecule has 0 bridgehead atoms. The topological polar surface area (TPSA) is 93.7 Å². The van der Waals surface area contributed by atoms with Crippen LogP contribution in [0.1, 0.15) is 43.4 Å². The standard InChI is InChI=1S/C21H26N2O5/c1-3-27-20(25)19-13(2)22-21(26)23-17(19)12-28-18(24)11-14-8-9-15-6-4-5-7-16(15)10-14/h8-10,13H,3-7,11-12H2,1-2H3,(H2,22,23,26). The van der Waals surface area contributed by atoms with E-state index in [0.29, 0.717) is 0 Å². The van der Waals surface area contributed by atoms with Crippen molar-refractivity contribution < 1.29 is 23.9 Å². The summed E-state index contributed by atoms with van der Waals surface area (Å²) in [6.07, 6.45) is 4.68. The van der Waals surface area contributed by atoms with Gasteiger partial charge in [0.05, 0.1) is 30.3 Å². The smallest absolute Gasteiger partial charge is 0.338 e. The molecule has 0 spiro atoms. The molecule has 3 rings (SSSR count). The number of hydrogen-bond acceptors (Lipinski definition) is 5. The fourth-order valence-electron chi connectivity index (χ4n) is 3.66. The Morgan fingerprint density at radius 3 is 2.64 bits per heavy atom. The van der Waals surface area contributed by atoms with Crippen LogP contribution in [0.5, 0.6) is 0 Å². The molecule has 0 radical (unpaired) electrons. The molecule has 7 heteroatoms. The van der Waals surface area contributed by atoms with E-state index in [1.807, 2.05) is 6.07 Å². The number of nitrogens with one attached hydrogen (secondary N) is 2. The lowest BCUT2D eigenvalue weighted by atomic mass is 9.90. The zero-order valence-corrected chi connectivity index (χ0v) is 16.3. The average molecular weight is 386 g/mol. The average Bonchev–Trinajstić information content (AvgIpc) is 2.66. The van der Waals surface area contributed by atoms with Crippen LogP contribution in [0.25, 0.3) is 0 Å². The molecule has 0 fully saturated rings. The lowest BCUT2D eigenvalue weighted by Gasteiger charge is -2.26. The van der Waals surface area contributed by atoms with Crippen LogP contribution in [-0.2, 0) is 38.3 Å². The molecule has 28 heavy (non-hydrogen) atoms. The fourth-order valence-corrected chi connectivity index (χ4v) is 3.66. The molecule has 150 valence electrons. The van der Waals surface area contributed by atoms with Gasteiger partial charge in [-0.1, -0.05) is 18.2 Å². The van der Waals surface area contributed by atoms with E-state index in [1.165, 1.54) is 24.0 Å². The summed E-state index contributed by atoms with van der Waals surface area (Å²) in [6.45, 7) is 3.42. The Bertz CT molecular complexity index is 815. The van der Waals surface area contributed by atoms with E-state index in [0.717, 1.165) is 18.4 Å². The van der Waals surface area contributed by atoms with Gasteiger partial charge in [0.25, 0.3) is 0 Å². The molecule has 1 heterocycles. The summed E-state index contributed by atoms with van der Waals surface area (Å²) in [6, 6.07) is 5.16. The molecule has 0 saturated carbocycles. The Balaban J connectivity index is 1.65. The maximum atomic E-state index is 12.3. The SMILES string of the molecule is CCOC(=O)C1=C(COC(=O)Cc2ccc3c(c2)CCCC3)NC(=O)NC1C. The number of ether oxygens (including phenoxy) is 2. The number of esters is 2. The zero-order chi connectivity index (χ0) is 20.1. The van der Waals surface area contributed by atoms with Crippen LogP contribution in [0.2, 0.25) is 0 Å². The van der Waals surface area contributed by atoms with Gasteiger partial charge in [-0.3, -0.25) is 4.79 Å². The lowest BCUT2D eigenvalue weighted by molar-refractivity contribution is -0.143. The highest BCUT2D eigenvalue weighted by atomic mass is 16.5. The van der Waals surface area contributed by atoms with Crippen molar-refractivity contribution in [3.05, 3.63) is 46.2 Å². The summed E-state index contributed by atoms with van der Waals surface area (Å²) in [5, 5.41) is 5.15. The molecule has 2 N–H and O–H groups in total. The predicted molar refractivity (Wildman–Crippen MR) is 103 cm³/mol. The second-order valence-electron chi connectivity index (χ2n) is 7.08. The fraction of sp³-hybridized carbons (Fsp3) is 0.476. The summed E-state index contributed by atoms with van der Waals surface area (Å²) < 4.78 is 10.4. The van der Waals surface area contributed by atoms with Crippen molar-refractivity contribution in [3.63, 3.8) is 0 Å². The van der Waals surface area contributed by atoms with Crippen LogP contribution in [0.4, 0.5) is 4.79 Å². The number of rotatable bonds is 6. The molecule has 1 unspecified atom stereocenters. The van der Waals surface area contributed by atoms with E-state index >= 15 is 0 Å². The number of urea groups is 1. The summed E-state index contributed by atoms with van der Waals surface area (Å²) >= 11 is 0. The molecule has 1 aromatic rings. The highest BCUT2D eigenvalue weighted by molar-refractivity contribution is 5.94. The van der Waals surface area contributed by atoms with Gasteiger partial charge in [-0.05, 0) is 56.2 Å². The van der Waals surface area contributed by atoms with E-state index in [9.17, 15) is 14.4 Å². The maximum Gasteiger partial charge on any atom is 0.338 e. The van der Waals surface area contributed by atoms with Crippen LogP contribution in [0, 0.1) is 0 Å². The molecule has 1 atom stereocenters. The summed E-state index contributed by atoms with van der Waals surface area (Å²) in [5.74, 6) is -0.949. The molecule has 7 nitrogen and oxygen atoms in total. The number of fused-ring (bicyclic) bond motifs is 1. The normalized spacial score (nSPS) is 18.6. The van der Waals surface area contributed by atoms with Crippen molar-refractivity contribution in [1.82, 2.24) is 10.6 Å². The highest BCUT2D eigenvalue weighted by Crippen LogP contribution is 2.22. The Hall–Kier alpha value is -2.83. The minimum Gasteiger partial charge on any atom is -0.463 e. The van der Waals surface area contributed by atoms with Crippen LogP contribution in [-0.4, -0.2) is 37.2 Å². The van der Waals surface area contributed by atoms with Crippen molar-refractivity contribution in [2.75, 3.05) is 13.2 Å². The van der Waals surface area contributed by atoms with Crippen molar-refractivity contribution >= 4 is 18.0 Å². The Morgan fingerprint density at radius 1 is 1.14 bits per heavy atom. The van der Waals surface area contributed by atoms with E-state index in [2.05, 4.69) is 22.8 Å². The quantitative estimate of drug-likeness (QED) is 0.731. The van der Waals surface area contributed by atoms with E-state index in [-0.39, 0.29) is 30.9 Å². The third-order valence-electron chi connectivity index (χ3n) is 5.00. The number of carbonyl (C=O) groups excluding carboxylic acids is 3. The molecule has 0 saturated heterocycles. The first-order valence-electron chi connectivity index (χ1n) is 9.72. The van der Waals surface area contributed by atoms with Crippen LogP contribution >= 0.6 is 0 Å². The second-order valence-corrected chi connectivity index (χ2v) is 7.08. The largest absolute Gasteiger partial charge is 0.463 e. The first kappa shape index (κ1) is 19.9. The minimum atomic E-state index is -0.539. The molecule has 1 aliphatic carbocycles.